The molecule has 0 spiro atoms. The fourth-order valence-corrected chi connectivity index (χ4v) is 10.1. The third-order valence-electron chi connectivity index (χ3n) is 10.9. The summed E-state index contributed by atoms with van der Waals surface area (Å²) in [6.07, 6.45) is 15.8. The highest BCUT2D eigenvalue weighted by Gasteiger charge is 2.44. The van der Waals surface area contributed by atoms with Gasteiger partial charge in [0.2, 0.25) is 6.19 Å². The summed E-state index contributed by atoms with van der Waals surface area (Å²) in [6.45, 7) is 5.33. The van der Waals surface area contributed by atoms with Crippen LogP contribution < -0.4 is 0 Å². The quantitative estimate of drug-likeness (QED) is 0.172. The van der Waals surface area contributed by atoms with E-state index in [0.29, 0.717) is 23.4 Å². The molecule has 3 aliphatic heterocycles. The molecule has 3 aromatic rings. The predicted molar refractivity (Wildman–Crippen MR) is 173 cm³/mol. The summed E-state index contributed by atoms with van der Waals surface area (Å²) in [5.74, 6) is 1.16. The number of piperidine rings is 2. The molecule has 4 heterocycles. The number of nitriles is 1. The van der Waals surface area contributed by atoms with Gasteiger partial charge in [-0.1, -0.05) is 67.1 Å². The molecule has 7 rings (SSSR count). The predicted octanol–water partition coefficient (Wildman–Crippen LogP) is 7.45. The zero-order chi connectivity index (χ0) is 28.5. The van der Waals surface area contributed by atoms with Crippen LogP contribution in [-0.2, 0) is 5.41 Å². The highest BCUT2D eigenvalue weighted by Crippen LogP contribution is 2.45. The van der Waals surface area contributed by atoms with Crippen molar-refractivity contribution < 1.29 is 0 Å². The van der Waals surface area contributed by atoms with E-state index in [9.17, 15) is 5.26 Å². The SMILES string of the molecule is Cc1nc2ccccc2n1C1CC2CCC(C1)N2CCC1(c2ccccc2)CCN(/C(=N/C#N)SC2CCCC2)CC1. The van der Waals surface area contributed by atoms with E-state index in [2.05, 4.69) is 87.1 Å². The molecule has 1 saturated carbocycles. The van der Waals surface area contributed by atoms with Gasteiger partial charge >= 0.3 is 0 Å². The maximum Gasteiger partial charge on any atom is 0.208 e. The first-order valence-corrected chi connectivity index (χ1v) is 17.1. The summed E-state index contributed by atoms with van der Waals surface area (Å²) in [6, 6.07) is 21.8. The summed E-state index contributed by atoms with van der Waals surface area (Å²) in [5, 5.41) is 11.1. The van der Waals surface area contributed by atoms with Crippen LogP contribution in [0.1, 0.15) is 88.1 Å². The molecule has 1 aliphatic carbocycles. The minimum Gasteiger partial charge on any atom is -0.350 e. The Morgan fingerprint density at radius 1 is 0.952 bits per heavy atom. The van der Waals surface area contributed by atoms with Gasteiger partial charge < -0.3 is 9.47 Å². The van der Waals surface area contributed by atoms with E-state index >= 15 is 0 Å². The molecule has 0 amide bonds. The van der Waals surface area contributed by atoms with Crippen molar-refractivity contribution in [3.63, 3.8) is 0 Å². The monoisotopic (exact) mass is 580 g/mol. The third-order valence-corrected chi connectivity index (χ3v) is 12.3. The largest absolute Gasteiger partial charge is 0.350 e. The van der Waals surface area contributed by atoms with Gasteiger partial charge in [0.25, 0.3) is 0 Å². The molecule has 7 heteroatoms. The zero-order valence-corrected chi connectivity index (χ0v) is 25.8. The third kappa shape index (κ3) is 5.37. The number of thioether (sulfide) groups is 1. The second-order valence-corrected chi connectivity index (χ2v) is 14.4. The van der Waals surface area contributed by atoms with Crippen LogP contribution in [0.3, 0.4) is 0 Å². The Labute approximate surface area is 255 Å². The smallest absolute Gasteiger partial charge is 0.208 e. The lowest BCUT2D eigenvalue weighted by molar-refractivity contribution is 0.0890. The lowest BCUT2D eigenvalue weighted by Crippen LogP contribution is -2.49. The number of likely N-dealkylation sites (tertiary alicyclic amines) is 1. The summed E-state index contributed by atoms with van der Waals surface area (Å²) < 4.78 is 2.54. The fraction of sp³-hybridized carbons (Fsp3) is 0.571. The number of imidazole rings is 1. The molecule has 0 radical (unpaired) electrons. The van der Waals surface area contributed by atoms with E-state index in [0.717, 1.165) is 42.4 Å². The highest BCUT2D eigenvalue weighted by molar-refractivity contribution is 8.14. The number of amidine groups is 1. The molecule has 2 aromatic carbocycles. The number of aryl methyl sites for hydroxylation is 1. The number of rotatable bonds is 6. The average molecular weight is 581 g/mol. The maximum atomic E-state index is 9.46. The highest BCUT2D eigenvalue weighted by atomic mass is 32.2. The van der Waals surface area contributed by atoms with Crippen LogP contribution in [-0.4, -0.2) is 61.5 Å². The van der Waals surface area contributed by atoms with Crippen LogP contribution in [0.25, 0.3) is 11.0 Å². The summed E-state index contributed by atoms with van der Waals surface area (Å²) in [7, 11) is 0. The first-order chi connectivity index (χ1) is 20.6. The van der Waals surface area contributed by atoms with Gasteiger partial charge in [-0.2, -0.15) is 5.26 Å². The van der Waals surface area contributed by atoms with E-state index in [1.807, 2.05) is 11.8 Å². The topological polar surface area (TPSA) is 60.5 Å². The molecule has 0 N–H and O–H groups in total. The minimum atomic E-state index is 0.182. The maximum absolute atomic E-state index is 9.46. The zero-order valence-electron chi connectivity index (χ0n) is 25.0. The minimum absolute atomic E-state index is 0.182. The molecule has 4 aliphatic rings. The van der Waals surface area contributed by atoms with Crippen molar-refractivity contribution in [3.8, 4) is 6.19 Å². The number of aromatic nitrogens is 2. The van der Waals surface area contributed by atoms with Crippen molar-refractivity contribution in [2.24, 2.45) is 4.99 Å². The number of hydrogen-bond acceptors (Lipinski definition) is 5. The van der Waals surface area contributed by atoms with E-state index in [-0.39, 0.29) is 5.41 Å². The van der Waals surface area contributed by atoms with Gasteiger partial charge in [-0.05, 0) is 94.4 Å². The Kier molecular flexibility index (Phi) is 8.03. The Morgan fingerprint density at radius 3 is 2.36 bits per heavy atom. The van der Waals surface area contributed by atoms with Gasteiger partial charge in [-0.25, -0.2) is 4.98 Å². The van der Waals surface area contributed by atoms with Gasteiger partial charge in [0.05, 0.1) is 11.0 Å². The van der Waals surface area contributed by atoms with Crippen LogP contribution in [0.5, 0.6) is 0 Å². The number of benzene rings is 2. The van der Waals surface area contributed by atoms with Crippen molar-refractivity contribution in [1.29, 1.82) is 5.26 Å². The second kappa shape index (κ2) is 12.1. The van der Waals surface area contributed by atoms with Crippen molar-refractivity contribution in [1.82, 2.24) is 19.4 Å². The fourth-order valence-electron chi connectivity index (χ4n) is 8.76. The standard InChI is InChI=1S/C35H44N6S/c1-26-38-32-13-7-8-14-33(32)41(26)30-23-28-15-16-29(24-30)40(28)22-19-35(27-9-3-2-4-10-27)17-20-39(21-18-35)34(37-25-36)42-31-11-5-6-12-31/h2-4,7-10,13-14,28-31H,5-6,11-12,15-24H2,1H3/b37-34-. The van der Waals surface area contributed by atoms with Gasteiger partial charge in [0.1, 0.15) is 5.82 Å². The average Bonchev–Trinajstić information content (AvgIpc) is 3.72. The number of nitrogens with zero attached hydrogens (tertiary/aromatic N) is 6. The van der Waals surface area contributed by atoms with Gasteiger partial charge in [0, 0.05) is 36.5 Å². The molecule has 220 valence electrons. The van der Waals surface area contributed by atoms with Crippen molar-refractivity contribution in [2.45, 2.75) is 106 Å². The van der Waals surface area contributed by atoms with Gasteiger partial charge in [-0.15, -0.1) is 4.99 Å². The molecule has 3 saturated heterocycles. The number of aliphatic imine (C=N–C) groups is 1. The molecule has 2 bridgehead atoms. The van der Waals surface area contributed by atoms with Crippen LogP contribution in [0.4, 0.5) is 0 Å². The Morgan fingerprint density at radius 2 is 1.64 bits per heavy atom. The molecular weight excluding hydrogens is 536 g/mol. The van der Waals surface area contributed by atoms with E-state index in [1.54, 1.807) is 0 Å². The molecule has 4 fully saturated rings. The van der Waals surface area contributed by atoms with E-state index in [4.69, 9.17) is 4.98 Å². The first kappa shape index (κ1) is 28.0. The van der Waals surface area contributed by atoms with Crippen molar-refractivity contribution in [2.75, 3.05) is 19.6 Å². The molecule has 2 atom stereocenters. The van der Waals surface area contributed by atoms with Crippen LogP contribution in [0.2, 0.25) is 0 Å². The summed E-state index contributed by atoms with van der Waals surface area (Å²) in [4.78, 5) is 14.5. The summed E-state index contributed by atoms with van der Waals surface area (Å²) in [5.41, 5.74) is 4.11. The van der Waals surface area contributed by atoms with Gasteiger partial charge in [0.15, 0.2) is 5.17 Å². The normalized spacial score (nSPS) is 26.6. The molecule has 2 unspecified atom stereocenters. The first-order valence-electron chi connectivity index (χ1n) is 16.3. The van der Waals surface area contributed by atoms with Crippen LogP contribution in [0, 0.1) is 18.4 Å². The van der Waals surface area contributed by atoms with E-state index in [1.165, 1.54) is 75.4 Å². The Bertz CT molecular complexity index is 1430. The lowest BCUT2D eigenvalue weighted by atomic mass is 9.70. The Hall–Kier alpha value is -2.82. The molecular formula is C35H44N6S. The molecule has 6 nitrogen and oxygen atoms in total. The van der Waals surface area contributed by atoms with E-state index < -0.39 is 0 Å². The lowest BCUT2D eigenvalue weighted by Gasteiger charge is -2.46. The van der Waals surface area contributed by atoms with Crippen LogP contribution >= 0.6 is 11.8 Å². The molecule has 42 heavy (non-hydrogen) atoms. The number of para-hydroxylation sites is 2. The van der Waals surface area contributed by atoms with Gasteiger partial charge in [-0.3, -0.25) is 4.90 Å². The van der Waals surface area contributed by atoms with Crippen LogP contribution in [0.15, 0.2) is 59.6 Å². The second-order valence-electron chi connectivity index (χ2n) is 13.2. The number of fused-ring (bicyclic) bond motifs is 3. The summed E-state index contributed by atoms with van der Waals surface area (Å²) >= 11 is 1.86. The number of hydrogen-bond donors (Lipinski definition) is 0. The van der Waals surface area contributed by atoms with Crippen molar-refractivity contribution in [3.05, 3.63) is 66.0 Å². The van der Waals surface area contributed by atoms with Crippen molar-refractivity contribution >= 4 is 28.0 Å². The Balaban J connectivity index is 1.05. The molecule has 1 aromatic heterocycles.